The number of carbonyl (C=O) groups excluding carboxylic acids is 1. The average molecular weight is 353 g/mol. The van der Waals surface area contributed by atoms with Gasteiger partial charge in [0.25, 0.3) is 0 Å². The first-order valence-electron chi connectivity index (χ1n) is 7.29. The molecule has 0 spiro atoms. The van der Waals surface area contributed by atoms with Crippen molar-refractivity contribution in [1.82, 2.24) is 15.6 Å². The number of urea groups is 1. The first kappa shape index (κ1) is 17.4. The van der Waals surface area contributed by atoms with Gasteiger partial charge in [0.1, 0.15) is 0 Å². The van der Waals surface area contributed by atoms with E-state index in [0.717, 1.165) is 22.0 Å². The molecule has 0 atom stereocenters. The van der Waals surface area contributed by atoms with Crippen molar-refractivity contribution >= 4 is 34.7 Å². The van der Waals surface area contributed by atoms with Crippen molar-refractivity contribution in [1.29, 1.82) is 0 Å². The molecule has 124 valence electrons. The molecule has 2 amide bonds. The molecule has 0 unspecified atom stereocenters. The molecule has 0 radical (unpaired) electrons. The van der Waals surface area contributed by atoms with Crippen molar-refractivity contribution in [2.45, 2.75) is 26.2 Å². The molecule has 0 saturated heterocycles. The Hall–Kier alpha value is -1.93. The van der Waals surface area contributed by atoms with E-state index in [1.54, 1.807) is 22.7 Å². The fraction of sp³-hybridized carbons (Fsp3) is 0.400. The summed E-state index contributed by atoms with van der Waals surface area (Å²) >= 11 is 3.32. The largest absolute Gasteiger partial charge is 0.481 e. The fourth-order valence-electron chi connectivity index (χ4n) is 1.93. The highest BCUT2D eigenvalue weighted by Crippen LogP contribution is 2.29. The van der Waals surface area contributed by atoms with E-state index in [2.05, 4.69) is 27.8 Å². The Bertz CT molecular complexity index is 666. The number of nitrogens with zero attached hydrogens (tertiary/aromatic N) is 1. The molecule has 6 nitrogen and oxygen atoms in total. The summed E-state index contributed by atoms with van der Waals surface area (Å²) < 4.78 is 0. The smallest absolute Gasteiger partial charge is 0.314 e. The molecule has 23 heavy (non-hydrogen) atoms. The molecule has 0 saturated carbocycles. The number of aryl methyl sites for hydroxylation is 1. The maximum absolute atomic E-state index is 11.5. The number of nitrogens with one attached hydrogen (secondary N) is 2. The zero-order chi connectivity index (χ0) is 16.7. The number of carboxylic acids is 1. The Morgan fingerprint density at radius 2 is 2.04 bits per heavy atom. The van der Waals surface area contributed by atoms with Crippen molar-refractivity contribution in [3.05, 3.63) is 27.4 Å². The number of carboxylic acid groups (broad SMARTS) is 1. The predicted octanol–water partition coefficient (Wildman–Crippen LogP) is 2.89. The van der Waals surface area contributed by atoms with Crippen LogP contribution in [0.25, 0.3) is 10.6 Å². The Labute approximate surface area is 142 Å². The number of hydrogen-bond donors (Lipinski definition) is 3. The number of amides is 2. The van der Waals surface area contributed by atoms with E-state index in [-0.39, 0.29) is 12.5 Å². The van der Waals surface area contributed by atoms with Gasteiger partial charge in [-0.15, -0.1) is 22.7 Å². The first-order valence-corrected chi connectivity index (χ1v) is 8.99. The lowest BCUT2D eigenvalue weighted by molar-refractivity contribution is -0.137. The molecular weight excluding hydrogens is 334 g/mol. The van der Waals surface area contributed by atoms with E-state index < -0.39 is 5.97 Å². The van der Waals surface area contributed by atoms with E-state index in [1.165, 1.54) is 4.88 Å². The van der Waals surface area contributed by atoms with Crippen LogP contribution >= 0.6 is 22.7 Å². The number of hydrogen-bond acceptors (Lipinski definition) is 5. The second kappa shape index (κ2) is 8.64. The zero-order valence-corrected chi connectivity index (χ0v) is 14.4. The standard InChI is InChI=1S/C15H19N3O3S2/c1-10-18-12(9-22-10)13-5-4-11(23-13)6-8-17-15(21)16-7-2-3-14(19)20/h4-5,9H,2-3,6-8H2,1H3,(H,19,20)(H2,16,17,21). The Balaban J connectivity index is 1.67. The molecule has 0 bridgehead atoms. The summed E-state index contributed by atoms with van der Waals surface area (Å²) in [6.45, 7) is 2.90. The maximum Gasteiger partial charge on any atom is 0.314 e. The number of thiazole rings is 1. The molecule has 0 fully saturated rings. The third-order valence-electron chi connectivity index (χ3n) is 3.04. The lowest BCUT2D eigenvalue weighted by Gasteiger charge is -2.06. The van der Waals surface area contributed by atoms with E-state index in [0.29, 0.717) is 19.5 Å². The van der Waals surface area contributed by atoms with Crippen LogP contribution in [0.1, 0.15) is 22.7 Å². The number of thiophene rings is 1. The molecule has 2 aromatic rings. The van der Waals surface area contributed by atoms with Crippen molar-refractivity contribution in [2.75, 3.05) is 13.1 Å². The average Bonchev–Trinajstić information content (AvgIpc) is 3.12. The van der Waals surface area contributed by atoms with Crippen LogP contribution < -0.4 is 10.6 Å². The summed E-state index contributed by atoms with van der Waals surface area (Å²) in [7, 11) is 0. The lowest BCUT2D eigenvalue weighted by atomic mass is 10.3. The number of carbonyl (C=O) groups is 2. The molecule has 0 aliphatic carbocycles. The summed E-state index contributed by atoms with van der Waals surface area (Å²) in [6, 6.07) is 3.85. The lowest BCUT2D eigenvalue weighted by Crippen LogP contribution is -2.37. The molecule has 2 heterocycles. The zero-order valence-electron chi connectivity index (χ0n) is 12.8. The van der Waals surface area contributed by atoms with Gasteiger partial charge in [0.15, 0.2) is 0 Å². The van der Waals surface area contributed by atoms with Gasteiger partial charge in [-0.05, 0) is 31.9 Å². The molecule has 3 N–H and O–H groups in total. The second-order valence-electron chi connectivity index (χ2n) is 4.95. The molecular formula is C15H19N3O3S2. The van der Waals surface area contributed by atoms with Gasteiger partial charge in [0.05, 0.1) is 15.6 Å². The van der Waals surface area contributed by atoms with Gasteiger partial charge in [-0.1, -0.05) is 0 Å². The Morgan fingerprint density at radius 1 is 1.26 bits per heavy atom. The SMILES string of the molecule is Cc1nc(-c2ccc(CCNC(=O)NCCCC(=O)O)s2)cs1. The van der Waals surface area contributed by atoms with Gasteiger partial charge < -0.3 is 15.7 Å². The fourth-order valence-corrected chi connectivity index (χ4v) is 3.59. The highest BCUT2D eigenvalue weighted by atomic mass is 32.1. The molecule has 2 rings (SSSR count). The summed E-state index contributed by atoms with van der Waals surface area (Å²) in [5.74, 6) is -0.851. The van der Waals surface area contributed by atoms with Crippen LogP contribution in [0.4, 0.5) is 4.79 Å². The van der Waals surface area contributed by atoms with Crippen molar-refractivity contribution in [3.8, 4) is 10.6 Å². The summed E-state index contributed by atoms with van der Waals surface area (Å²) in [4.78, 5) is 28.7. The minimum Gasteiger partial charge on any atom is -0.481 e. The Kier molecular flexibility index (Phi) is 6.54. The second-order valence-corrected chi connectivity index (χ2v) is 7.18. The van der Waals surface area contributed by atoms with Gasteiger partial charge in [-0.25, -0.2) is 9.78 Å². The van der Waals surface area contributed by atoms with Gasteiger partial charge in [0.2, 0.25) is 0 Å². The van der Waals surface area contributed by atoms with Crippen molar-refractivity contribution in [2.24, 2.45) is 0 Å². The third kappa shape index (κ3) is 5.99. The quantitative estimate of drug-likeness (QED) is 0.636. The van der Waals surface area contributed by atoms with Gasteiger partial charge in [0, 0.05) is 29.8 Å². The number of aromatic nitrogens is 1. The minimum absolute atomic E-state index is 0.0638. The van der Waals surface area contributed by atoms with Crippen LogP contribution in [0.3, 0.4) is 0 Å². The summed E-state index contributed by atoms with van der Waals surface area (Å²) in [5.41, 5.74) is 1.01. The van der Waals surface area contributed by atoms with E-state index >= 15 is 0 Å². The Morgan fingerprint density at radius 3 is 2.74 bits per heavy atom. The first-order chi connectivity index (χ1) is 11.0. The third-order valence-corrected chi connectivity index (χ3v) is 4.98. The molecule has 8 heteroatoms. The van der Waals surface area contributed by atoms with E-state index in [4.69, 9.17) is 5.11 Å². The van der Waals surface area contributed by atoms with Crippen LogP contribution in [-0.2, 0) is 11.2 Å². The summed E-state index contributed by atoms with van der Waals surface area (Å²) in [5, 5.41) is 17.0. The van der Waals surface area contributed by atoms with E-state index in [9.17, 15) is 9.59 Å². The van der Waals surface area contributed by atoms with Crippen molar-refractivity contribution in [3.63, 3.8) is 0 Å². The predicted molar refractivity (Wildman–Crippen MR) is 92.1 cm³/mol. The highest BCUT2D eigenvalue weighted by molar-refractivity contribution is 7.16. The van der Waals surface area contributed by atoms with Gasteiger partial charge >= 0.3 is 12.0 Å². The normalized spacial score (nSPS) is 10.5. The van der Waals surface area contributed by atoms with Crippen LogP contribution in [0.15, 0.2) is 17.5 Å². The van der Waals surface area contributed by atoms with Gasteiger partial charge in [-0.3, -0.25) is 4.79 Å². The maximum atomic E-state index is 11.5. The van der Waals surface area contributed by atoms with Crippen LogP contribution in [0.2, 0.25) is 0 Å². The van der Waals surface area contributed by atoms with Crippen LogP contribution in [0.5, 0.6) is 0 Å². The van der Waals surface area contributed by atoms with E-state index in [1.807, 2.05) is 12.3 Å². The van der Waals surface area contributed by atoms with Crippen LogP contribution in [0, 0.1) is 6.92 Å². The molecule has 2 aromatic heterocycles. The number of aliphatic carboxylic acids is 1. The highest BCUT2D eigenvalue weighted by Gasteiger charge is 2.07. The van der Waals surface area contributed by atoms with Gasteiger partial charge in [-0.2, -0.15) is 0 Å². The van der Waals surface area contributed by atoms with Crippen molar-refractivity contribution < 1.29 is 14.7 Å². The molecule has 0 aromatic carbocycles. The number of rotatable bonds is 8. The monoisotopic (exact) mass is 353 g/mol. The molecule has 0 aliphatic heterocycles. The molecule has 0 aliphatic rings. The summed E-state index contributed by atoms with van der Waals surface area (Å²) in [6.07, 6.45) is 1.26. The topological polar surface area (TPSA) is 91.3 Å². The minimum atomic E-state index is -0.851. The van der Waals surface area contributed by atoms with Crippen LogP contribution in [-0.4, -0.2) is 35.2 Å².